The number of amides is 2. The third kappa shape index (κ3) is 5.98. The number of carbonyl (C=O) groups excluding carboxylic acids is 2. The molecule has 162 valence electrons. The Balaban J connectivity index is 1.59. The van der Waals surface area contributed by atoms with Crippen LogP contribution in [-0.2, 0) is 18.0 Å². The van der Waals surface area contributed by atoms with Crippen LogP contribution in [0, 0.1) is 0 Å². The van der Waals surface area contributed by atoms with Gasteiger partial charge in [-0.25, -0.2) is 0 Å². The van der Waals surface area contributed by atoms with Gasteiger partial charge in [-0.05, 0) is 30.3 Å². The molecule has 0 unspecified atom stereocenters. The molecule has 0 bridgehead atoms. The monoisotopic (exact) mass is 450 g/mol. The van der Waals surface area contributed by atoms with Gasteiger partial charge in [0.15, 0.2) is 5.16 Å². The van der Waals surface area contributed by atoms with Crippen LogP contribution in [0.3, 0.4) is 0 Å². The summed E-state index contributed by atoms with van der Waals surface area (Å²) in [5, 5.41) is 10.8. The molecule has 3 N–H and O–H groups in total. The number of aryl methyl sites for hydroxylation is 1. The Kier molecular flexibility index (Phi) is 6.80. The fourth-order valence-electron chi connectivity index (χ4n) is 2.50. The molecule has 2 aromatic carbocycles. The smallest absolute Gasteiger partial charge is 0.325 e. The molecule has 0 aliphatic rings. The number of thioether (sulfide) groups is 1. The van der Waals surface area contributed by atoms with E-state index < -0.39 is 17.6 Å². The first kappa shape index (κ1) is 22.2. The largest absolute Gasteiger partial charge is 0.418 e. The molecule has 0 spiro atoms. The summed E-state index contributed by atoms with van der Waals surface area (Å²) in [5.74, 6) is -0.900. The van der Waals surface area contributed by atoms with E-state index >= 15 is 0 Å². The van der Waals surface area contributed by atoms with Gasteiger partial charge in [-0.2, -0.15) is 13.2 Å². The van der Waals surface area contributed by atoms with Crippen LogP contribution in [0.1, 0.15) is 15.9 Å². The van der Waals surface area contributed by atoms with E-state index in [9.17, 15) is 22.8 Å². The summed E-state index contributed by atoms with van der Waals surface area (Å²) in [6.45, 7) is 0. The normalized spacial score (nSPS) is 11.1. The topological polar surface area (TPSA) is 101 Å². The third-order valence-corrected chi connectivity index (χ3v) is 4.99. The number of anilines is 2. The van der Waals surface area contributed by atoms with E-state index in [0.29, 0.717) is 10.8 Å². The van der Waals surface area contributed by atoms with Crippen LogP contribution in [0.15, 0.2) is 60.0 Å². The predicted molar refractivity (Wildman–Crippen MR) is 109 cm³/mol. The second-order valence-corrected chi connectivity index (χ2v) is 7.21. The average molecular weight is 450 g/mol. The van der Waals surface area contributed by atoms with E-state index in [0.717, 1.165) is 6.07 Å². The third-order valence-electron chi connectivity index (χ3n) is 3.95. The number of para-hydroxylation sites is 1. The summed E-state index contributed by atoms with van der Waals surface area (Å²) in [6.07, 6.45) is -3.05. The second-order valence-electron chi connectivity index (χ2n) is 6.26. The van der Waals surface area contributed by atoms with Crippen molar-refractivity contribution in [1.29, 1.82) is 0 Å². The number of carbonyl (C=O) groups is 2. The average Bonchev–Trinajstić information content (AvgIpc) is 3.15. The van der Waals surface area contributed by atoms with E-state index in [1.165, 1.54) is 48.4 Å². The highest BCUT2D eigenvalue weighted by molar-refractivity contribution is 7.99. The van der Waals surface area contributed by atoms with Crippen molar-refractivity contribution in [3.05, 3.63) is 66.0 Å². The van der Waals surface area contributed by atoms with Crippen molar-refractivity contribution in [2.75, 3.05) is 16.5 Å². The molecule has 0 aliphatic carbocycles. The number of rotatable bonds is 7. The van der Waals surface area contributed by atoms with Crippen LogP contribution < -0.4 is 16.2 Å². The first-order valence-corrected chi connectivity index (χ1v) is 9.82. The van der Waals surface area contributed by atoms with E-state index in [1.807, 2.05) is 0 Å². The van der Waals surface area contributed by atoms with Crippen LogP contribution in [0.4, 0.5) is 24.5 Å². The molecule has 0 fully saturated rings. The minimum Gasteiger partial charge on any atom is -0.325 e. The van der Waals surface area contributed by atoms with Crippen LogP contribution in [0.5, 0.6) is 0 Å². The highest BCUT2D eigenvalue weighted by Crippen LogP contribution is 2.34. The van der Waals surface area contributed by atoms with E-state index in [1.54, 1.807) is 23.7 Å². The molecule has 1 heterocycles. The molecule has 0 saturated carbocycles. The number of hydrazine groups is 1. The molecule has 3 rings (SSSR count). The molecule has 0 atom stereocenters. The van der Waals surface area contributed by atoms with Gasteiger partial charge in [0.2, 0.25) is 5.91 Å². The van der Waals surface area contributed by atoms with Crippen LogP contribution in [0.2, 0.25) is 0 Å². The number of halogens is 3. The van der Waals surface area contributed by atoms with Gasteiger partial charge in [0.25, 0.3) is 5.91 Å². The Hall–Kier alpha value is -3.54. The highest BCUT2D eigenvalue weighted by atomic mass is 32.2. The SMILES string of the molecule is Cn1cnnc1SCC(=O)Nc1cccc(C(=O)NNc2ccccc2C(F)(F)F)c1. The number of nitrogens with one attached hydrogen (secondary N) is 3. The van der Waals surface area contributed by atoms with Gasteiger partial charge in [-0.15, -0.1) is 10.2 Å². The zero-order valence-electron chi connectivity index (χ0n) is 16.1. The lowest BCUT2D eigenvalue weighted by atomic mass is 10.1. The maximum Gasteiger partial charge on any atom is 0.418 e. The van der Waals surface area contributed by atoms with Crippen molar-refractivity contribution in [2.24, 2.45) is 7.05 Å². The number of hydrogen-bond donors (Lipinski definition) is 3. The minimum absolute atomic E-state index is 0.0821. The highest BCUT2D eigenvalue weighted by Gasteiger charge is 2.33. The Morgan fingerprint density at radius 3 is 2.61 bits per heavy atom. The van der Waals surface area contributed by atoms with Crippen LogP contribution >= 0.6 is 11.8 Å². The maximum absolute atomic E-state index is 13.0. The second kappa shape index (κ2) is 9.51. The van der Waals surface area contributed by atoms with Crippen molar-refractivity contribution in [3.63, 3.8) is 0 Å². The minimum atomic E-state index is -4.57. The van der Waals surface area contributed by atoms with E-state index in [2.05, 4.69) is 26.4 Å². The van der Waals surface area contributed by atoms with Gasteiger partial charge in [-0.3, -0.25) is 20.4 Å². The molecular formula is C19H17F3N6O2S. The molecule has 0 saturated heterocycles. The zero-order chi connectivity index (χ0) is 22.4. The molecular weight excluding hydrogens is 433 g/mol. The lowest BCUT2D eigenvalue weighted by Crippen LogP contribution is -2.30. The van der Waals surface area contributed by atoms with Crippen molar-refractivity contribution in [2.45, 2.75) is 11.3 Å². The van der Waals surface area contributed by atoms with Gasteiger partial charge in [0.05, 0.1) is 17.0 Å². The zero-order valence-corrected chi connectivity index (χ0v) is 16.9. The molecule has 2 amide bonds. The number of benzene rings is 2. The standard InChI is InChI=1S/C19H17F3N6O2S/c1-28-11-23-27-18(28)31-10-16(29)24-13-6-4-5-12(9-13)17(30)26-25-15-8-3-2-7-14(15)19(20,21)22/h2-9,11,25H,10H2,1H3,(H,24,29)(H,26,30). The first-order chi connectivity index (χ1) is 14.7. The van der Waals surface area contributed by atoms with Gasteiger partial charge in [-0.1, -0.05) is 30.0 Å². The molecule has 3 aromatic rings. The van der Waals surface area contributed by atoms with Gasteiger partial charge < -0.3 is 9.88 Å². The summed E-state index contributed by atoms with van der Waals surface area (Å²) in [4.78, 5) is 24.5. The Labute approximate surface area is 179 Å². The molecule has 1 aromatic heterocycles. The molecule has 8 nitrogen and oxygen atoms in total. The quantitative estimate of drug-likeness (QED) is 0.377. The predicted octanol–water partition coefficient (Wildman–Crippen LogP) is 3.32. The van der Waals surface area contributed by atoms with Crippen LogP contribution in [0.25, 0.3) is 0 Å². The summed E-state index contributed by atoms with van der Waals surface area (Å²) < 4.78 is 40.8. The van der Waals surface area contributed by atoms with Gasteiger partial charge in [0, 0.05) is 18.3 Å². The van der Waals surface area contributed by atoms with Crippen molar-refractivity contribution < 1.29 is 22.8 Å². The fourth-order valence-corrected chi connectivity index (χ4v) is 3.19. The Morgan fingerprint density at radius 1 is 1.13 bits per heavy atom. The Bertz CT molecular complexity index is 1090. The number of hydrogen-bond acceptors (Lipinski definition) is 6. The van der Waals surface area contributed by atoms with Crippen molar-refractivity contribution in [1.82, 2.24) is 20.2 Å². The summed E-state index contributed by atoms with van der Waals surface area (Å²) in [6, 6.07) is 10.8. The molecule has 0 radical (unpaired) electrons. The Morgan fingerprint density at radius 2 is 1.90 bits per heavy atom. The maximum atomic E-state index is 13.0. The van der Waals surface area contributed by atoms with Crippen molar-refractivity contribution >= 4 is 35.0 Å². The van der Waals surface area contributed by atoms with Crippen LogP contribution in [-0.4, -0.2) is 32.3 Å². The summed E-state index contributed by atoms with van der Waals surface area (Å²) in [5.41, 5.74) is 3.86. The molecule has 0 aliphatic heterocycles. The number of aromatic nitrogens is 3. The van der Waals surface area contributed by atoms with E-state index in [-0.39, 0.29) is 22.9 Å². The molecule has 12 heteroatoms. The lowest BCUT2D eigenvalue weighted by molar-refractivity contribution is -0.137. The van der Waals surface area contributed by atoms with Crippen molar-refractivity contribution in [3.8, 4) is 0 Å². The lowest BCUT2D eigenvalue weighted by Gasteiger charge is -2.15. The molecule has 31 heavy (non-hydrogen) atoms. The first-order valence-electron chi connectivity index (χ1n) is 8.83. The number of nitrogens with zero attached hydrogens (tertiary/aromatic N) is 3. The number of alkyl halides is 3. The summed E-state index contributed by atoms with van der Waals surface area (Å²) >= 11 is 1.20. The fraction of sp³-hybridized carbons (Fsp3) is 0.158. The van der Waals surface area contributed by atoms with E-state index in [4.69, 9.17) is 0 Å². The summed E-state index contributed by atoms with van der Waals surface area (Å²) in [7, 11) is 1.75. The van der Waals surface area contributed by atoms with Gasteiger partial charge in [0.1, 0.15) is 6.33 Å². The van der Waals surface area contributed by atoms with Gasteiger partial charge >= 0.3 is 6.18 Å².